The Hall–Kier alpha value is -2.47. The molecule has 0 bridgehead atoms. The highest BCUT2D eigenvalue weighted by Gasteiger charge is 2.13. The number of aryl methyl sites for hydroxylation is 2. The van der Waals surface area contributed by atoms with Gasteiger partial charge in [0.1, 0.15) is 5.75 Å². The van der Waals surface area contributed by atoms with Gasteiger partial charge in [-0.15, -0.1) is 10.2 Å². The molecule has 1 heterocycles. The van der Waals surface area contributed by atoms with E-state index >= 15 is 0 Å². The number of hydrogen-bond acceptors (Lipinski definition) is 5. The summed E-state index contributed by atoms with van der Waals surface area (Å²) in [5, 5.41) is 9.12. The Morgan fingerprint density at radius 1 is 1.04 bits per heavy atom. The number of benzene rings is 2. The Morgan fingerprint density at radius 3 is 2.46 bits per heavy atom. The number of thioether (sulfide) groups is 1. The number of rotatable bonds is 5. The summed E-state index contributed by atoms with van der Waals surface area (Å²) in [6.07, 6.45) is 0. The third-order valence-corrected chi connectivity index (χ3v) is 4.76. The second kappa shape index (κ2) is 6.97. The molecule has 0 unspecified atom stereocenters. The number of nitrogen functional groups attached to an aromatic ring is 1. The Labute approximate surface area is 145 Å². The van der Waals surface area contributed by atoms with Crippen LogP contribution in [-0.4, -0.2) is 22.0 Å². The van der Waals surface area contributed by atoms with Gasteiger partial charge in [-0.25, -0.2) is 4.68 Å². The van der Waals surface area contributed by atoms with E-state index in [-0.39, 0.29) is 0 Å². The number of ether oxygens (including phenoxy) is 1. The summed E-state index contributed by atoms with van der Waals surface area (Å²) in [6, 6.07) is 14.2. The number of nitrogens with zero attached hydrogens (tertiary/aromatic N) is 3. The van der Waals surface area contributed by atoms with Crippen molar-refractivity contribution in [3.05, 3.63) is 59.2 Å². The van der Waals surface area contributed by atoms with Gasteiger partial charge in [-0.05, 0) is 19.9 Å². The topological polar surface area (TPSA) is 66.0 Å². The van der Waals surface area contributed by atoms with E-state index in [9.17, 15) is 0 Å². The minimum Gasteiger partial charge on any atom is -0.496 e. The molecule has 3 rings (SSSR count). The van der Waals surface area contributed by atoms with Gasteiger partial charge in [0.05, 0.1) is 7.11 Å². The van der Waals surface area contributed by atoms with E-state index in [4.69, 9.17) is 10.6 Å². The lowest BCUT2D eigenvalue weighted by Crippen LogP contribution is -2.11. The van der Waals surface area contributed by atoms with Crippen LogP contribution in [0.2, 0.25) is 0 Å². The fraction of sp³-hybridized carbons (Fsp3) is 0.222. The summed E-state index contributed by atoms with van der Waals surface area (Å²) in [5.74, 6) is 8.43. The molecular formula is C18H20N4OS. The maximum Gasteiger partial charge on any atom is 0.210 e. The van der Waals surface area contributed by atoms with Crippen LogP contribution in [0.4, 0.5) is 0 Å². The molecular weight excluding hydrogens is 320 g/mol. The molecule has 2 N–H and O–H groups in total. The predicted octanol–water partition coefficient (Wildman–Crippen LogP) is 3.58. The molecule has 1 aromatic heterocycles. The highest BCUT2D eigenvalue weighted by molar-refractivity contribution is 7.98. The van der Waals surface area contributed by atoms with Crippen molar-refractivity contribution in [1.82, 2.24) is 14.9 Å². The van der Waals surface area contributed by atoms with Crippen molar-refractivity contribution in [1.29, 1.82) is 0 Å². The first-order chi connectivity index (χ1) is 11.6. The molecule has 0 amide bonds. The molecule has 0 radical (unpaired) electrons. The van der Waals surface area contributed by atoms with Gasteiger partial charge in [0, 0.05) is 16.9 Å². The molecule has 124 valence electrons. The number of methoxy groups -OCH3 is 1. The van der Waals surface area contributed by atoms with Gasteiger partial charge in [-0.2, -0.15) is 0 Å². The van der Waals surface area contributed by atoms with E-state index in [2.05, 4.69) is 23.2 Å². The second-order valence-corrected chi connectivity index (χ2v) is 6.59. The Bertz CT molecular complexity index is 843. The second-order valence-electron chi connectivity index (χ2n) is 5.65. The van der Waals surface area contributed by atoms with Crippen molar-refractivity contribution in [2.24, 2.45) is 0 Å². The van der Waals surface area contributed by atoms with E-state index < -0.39 is 0 Å². The van der Waals surface area contributed by atoms with Crippen molar-refractivity contribution in [2.75, 3.05) is 13.0 Å². The molecule has 0 fully saturated rings. The van der Waals surface area contributed by atoms with Gasteiger partial charge in [0.25, 0.3) is 0 Å². The first-order valence-electron chi connectivity index (χ1n) is 7.62. The molecule has 0 aliphatic heterocycles. The average molecular weight is 340 g/mol. The smallest absolute Gasteiger partial charge is 0.210 e. The third kappa shape index (κ3) is 3.38. The number of aromatic nitrogens is 3. The van der Waals surface area contributed by atoms with Crippen LogP contribution >= 0.6 is 11.8 Å². The molecule has 2 aromatic carbocycles. The van der Waals surface area contributed by atoms with Crippen molar-refractivity contribution >= 4 is 11.8 Å². The minimum absolute atomic E-state index is 0.661. The van der Waals surface area contributed by atoms with Crippen LogP contribution < -0.4 is 10.6 Å². The van der Waals surface area contributed by atoms with Gasteiger partial charge in [0.15, 0.2) is 5.82 Å². The van der Waals surface area contributed by atoms with Gasteiger partial charge in [-0.3, -0.25) is 0 Å². The molecule has 0 atom stereocenters. The van der Waals surface area contributed by atoms with Crippen LogP contribution in [0.15, 0.2) is 47.6 Å². The van der Waals surface area contributed by atoms with Gasteiger partial charge >= 0.3 is 0 Å². The average Bonchev–Trinajstić information content (AvgIpc) is 2.95. The van der Waals surface area contributed by atoms with Crippen LogP contribution in [-0.2, 0) is 5.75 Å². The zero-order valence-corrected chi connectivity index (χ0v) is 14.8. The molecule has 0 saturated carbocycles. The summed E-state index contributed by atoms with van der Waals surface area (Å²) in [7, 11) is 1.68. The van der Waals surface area contributed by atoms with Gasteiger partial charge < -0.3 is 10.6 Å². The molecule has 5 nitrogen and oxygen atoms in total. The monoisotopic (exact) mass is 340 g/mol. The maximum atomic E-state index is 6.18. The van der Waals surface area contributed by atoms with Gasteiger partial charge in [0.2, 0.25) is 5.16 Å². The summed E-state index contributed by atoms with van der Waals surface area (Å²) in [4.78, 5) is 0. The maximum absolute atomic E-state index is 6.18. The molecule has 0 spiro atoms. The van der Waals surface area contributed by atoms with Crippen molar-refractivity contribution in [3.8, 4) is 17.1 Å². The van der Waals surface area contributed by atoms with Gasteiger partial charge in [-0.1, -0.05) is 59.3 Å². The van der Waals surface area contributed by atoms with Crippen LogP contribution in [0.5, 0.6) is 5.75 Å². The first kappa shape index (κ1) is 16.4. The fourth-order valence-electron chi connectivity index (χ4n) is 2.44. The minimum atomic E-state index is 0.661. The summed E-state index contributed by atoms with van der Waals surface area (Å²) in [6.45, 7) is 4.11. The van der Waals surface area contributed by atoms with E-state index in [1.807, 2.05) is 43.3 Å². The van der Waals surface area contributed by atoms with Crippen LogP contribution in [0.1, 0.15) is 16.7 Å². The lowest BCUT2D eigenvalue weighted by atomic mass is 10.1. The van der Waals surface area contributed by atoms with E-state index in [1.165, 1.54) is 15.8 Å². The molecule has 0 aliphatic rings. The lowest BCUT2D eigenvalue weighted by Gasteiger charge is -2.09. The number of nitrogens with two attached hydrogens (primary N) is 1. The molecule has 0 saturated heterocycles. The normalized spacial score (nSPS) is 10.8. The third-order valence-electron chi connectivity index (χ3n) is 3.77. The lowest BCUT2D eigenvalue weighted by molar-refractivity contribution is 0.411. The highest BCUT2D eigenvalue weighted by atomic mass is 32.2. The quantitative estimate of drug-likeness (QED) is 0.568. The van der Waals surface area contributed by atoms with E-state index in [0.29, 0.717) is 16.7 Å². The SMILES string of the molecule is COc1ccc(C)cc1CSc1nnc(-c2ccc(C)cc2)n1N. The predicted molar refractivity (Wildman–Crippen MR) is 97.6 cm³/mol. The van der Waals surface area contributed by atoms with Crippen molar-refractivity contribution in [2.45, 2.75) is 24.8 Å². The van der Waals surface area contributed by atoms with Crippen molar-refractivity contribution < 1.29 is 4.74 Å². The molecule has 24 heavy (non-hydrogen) atoms. The van der Waals surface area contributed by atoms with Crippen LogP contribution in [0.3, 0.4) is 0 Å². The summed E-state index contributed by atoms with van der Waals surface area (Å²) >= 11 is 1.54. The van der Waals surface area contributed by atoms with Crippen LogP contribution in [0, 0.1) is 13.8 Å². The Balaban J connectivity index is 1.80. The largest absolute Gasteiger partial charge is 0.496 e. The highest BCUT2D eigenvalue weighted by Crippen LogP contribution is 2.29. The Kier molecular flexibility index (Phi) is 4.76. The van der Waals surface area contributed by atoms with E-state index in [0.717, 1.165) is 16.9 Å². The fourth-order valence-corrected chi connectivity index (χ4v) is 3.27. The summed E-state index contributed by atoms with van der Waals surface area (Å²) < 4.78 is 6.96. The Morgan fingerprint density at radius 2 is 1.75 bits per heavy atom. The van der Waals surface area contributed by atoms with E-state index in [1.54, 1.807) is 18.9 Å². The van der Waals surface area contributed by atoms with Crippen LogP contribution in [0.25, 0.3) is 11.4 Å². The first-order valence-corrected chi connectivity index (χ1v) is 8.61. The zero-order valence-electron chi connectivity index (χ0n) is 14.0. The molecule has 0 aliphatic carbocycles. The summed E-state index contributed by atoms with van der Waals surface area (Å²) in [5.41, 5.74) is 4.46. The standard InChI is InChI=1S/C18H20N4OS/c1-12-4-7-14(8-5-12)17-20-21-18(22(17)19)24-11-15-10-13(2)6-9-16(15)23-3/h4-10H,11,19H2,1-3H3. The zero-order chi connectivity index (χ0) is 17.1. The number of hydrogen-bond donors (Lipinski definition) is 1. The molecule has 3 aromatic rings. The molecule has 6 heteroatoms. The van der Waals surface area contributed by atoms with Crippen molar-refractivity contribution in [3.63, 3.8) is 0 Å².